The summed E-state index contributed by atoms with van der Waals surface area (Å²) in [6, 6.07) is 7.47. The Morgan fingerprint density at radius 2 is 1.84 bits per heavy atom. The van der Waals surface area contributed by atoms with Gasteiger partial charge in [0.1, 0.15) is 24.0 Å². The van der Waals surface area contributed by atoms with E-state index >= 15 is 0 Å². The summed E-state index contributed by atoms with van der Waals surface area (Å²) in [6.45, 7) is 1.74. The molecule has 10 nitrogen and oxygen atoms in total. The average Bonchev–Trinajstić information content (AvgIpc) is 3.34. The number of carbonyl (C=O) groups excluding carboxylic acids is 1. The van der Waals surface area contributed by atoms with E-state index in [1.807, 2.05) is 6.07 Å². The summed E-state index contributed by atoms with van der Waals surface area (Å²) in [7, 11) is 3.27. The fourth-order valence-corrected chi connectivity index (χ4v) is 3.66. The number of ether oxygens (including phenoxy) is 1. The molecule has 0 aliphatic heterocycles. The minimum Gasteiger partial charge on any atom is -0.494 e. The first-order valence-electron chi connectivity index (χ1n) is 11.5. The summed E-state index contributed by atoms with van der Waals surface area (Å²) in [5, 5.41) is 10.5. The van der Waals surface area contributed by atoms with E-state index in [9.17, 15) is 18.0 Å². The van der Waals surface area contributed by atoms with Crippen molar-refractivity contribution < 1.29 is 22.7 Å². The lowest BCUT2D eigenvalue weighted by Gasteiger charge is -2.17. The van der Waals surface area contributed by atoms with E-state index in [4.69, 9.17) is 10.5 Å². The molecule has 0 aliphatic carbocycles. The number of methoxy groups -OCH3 is 1. The lowest BCUT2D eigenvalue weighted by atomic mass is 10.1. The molecule has 38 heavy (non-hydrogen) atoms. The number of carbonyl (C=O) groups is 1. The highest BCUT2D eigenvalue weighted by molar-refractivity contribution is 6.02. The van der Waals surface area contributed by atoms with Gasteiger partial charge in [-0.05, 0) is 23.8 Å². The van der Waals surface area contributed by atoms with Crippen LogP contribution in [-0.2, 0) is 7.05 Å². The van der Waals surface area contributed by atoms with Crippen molar-refractivity contribution in [3.63, 3.8) is 0 Å². The molecule has 0 saturated heterocycles. The summed E-state index contributed by atoms with van der Waals surface area (Å²) in [4.78, 5) is 25.2. The number of ketones is 1. The van der Waals surface area contributed by atoms with Gasteiger partial charge in [0, 0.05) is 31.9 Å². The van der Waals surface area contributed by atoms with E-state index in [1.54, 1.807) is 43.2 Å². The standard InChI is InChI=1S/C25H25F3N8O2/c1-4-19(37)16-12-31-21(34-20-9-8-14(11-30-20)23(29)25(26,27)28)10-18(16)33-17-7-5-6-15(22(17)38-3)24-32-13-36(2)35-24/h5-13,23H,4,29H2,1-3H3,(H2,30,31,33,34). The Labute approximate surface area is 216 Å². The number of para-hydroxylation sites is 1. The minimum atomic E-state index is -4.58. The van der Waals surface area contributed by atoms with Crippen LogP contribution in [0.3, 0.4) is 0 Å². The Bertz CT molecular complexity index is 1440. The summed E-state index contributed by atoms with van der Waals surface area (Å²) >= 11 is 0. The first-order chi connectivity index (χ1) is 18.1. The van der Waals surface area contributed by atoms with Crippen LogP contribution in [0.5, 0.6) is 5.75 Å². The number of alkyl halides is 3. The van der Waals surface area contributed by atoms with Crippen molar-refractivity contribution in [2.45, 2.75) is 25.6 Å². The molecule has 0 amide bonds. The topological polar surface area (TPSA) is 133 Å². The van der Waals surface area contributed by atoms with Gasteiger partial charge in [-0.2, -0.15) is 18.3 Å². The Morgan fingerprint density at radius 3 is 2.45 bits per heavy atom. The summed E-state index contributed by atoms with van der Waals surface area (Å²) in [6.07, 6.45) is -0.283. The van der Waals surface area contributed by atoms with Gasteiger partial charge in [-0.3, -0.25) is 9.48 Å². The number of rotatable bonds is 9. The fourth-order valence-electron chi connectivity index (χ4n) is 3.66. The van der Waals surface area contributed by atoms with Gasteiger partial charge in [0.05, 0.1) is 29.6 Å². The molecule has 0 saturated carbocycles. The van der Waals surface area contributed by atoms with Crippen LogP contribution in [-0.4, -0.2) is 43.8 Å². The van der Waals surface area contributed by atoms with Crippen molar-refractivity contribution in [2.75, 3.05) is 17.7 Å². The van der Waals surface area contributed by atoms with Crippen LogP contribution in [0.15, 0.2) is 55.1 Å². The van der Waals surface area contributed by atoms with E-state index in [-0.39, 0.29) is 23.6 Å². The van der Waals surface area contributed by atoms with Crippen LogP contribution >= 0.6 is 0 Å². The number of Topliss-reactive ketones (excluding diaryl/α,β-unsaturated/α-hetero) is 1. The molecular weight excluding hydrogens is 501 g/mol. The van der Waals surface area contributed by atoms with Crippen molar-refractivity contribution >= 4 is 28.8 Å². The summed E-state index contributed by atoms with van der Waals surface area (Å²) in [5.41, 5.74) is 7.07. The number of aromatic nitrogens is 5. The Balaban J connectivity index is 1.66. The zero-order chi connectivity index (χ0) is 27.4. The number of hydrogen-bond acceptors (Lipinski definition) is 9. The highest BCUT2D eigenvalue weighted by Crippen LogP contribution is 2.37. The van der Waals surface area contributed by atoms with E-state index in [0.717, 1.165) is 6.20 Å². The molecule has 3 aromatic heterocycles. The number of nitrogens with one attached hydrogen (secondary N) is 2. The van der Waals surface area contributed by atoms with Gasteiger partial charge in [-0.25, -0.2) is 15.0 Å². The molecule has 13 heteroatoms. The van der Waals surface area contributed by atoms with E-state index in [2.05, 4.69) is 30.7 Å². The smallest absolute Gasteiger partial charge is 0.407 e. The zero-order valence-electron chi connectivity index (χ0n) is 20.7. The van der Waals surface area contributed by atoms with Crippen LogP contribution in [0.2, 0.25) is 0 Å². The lowest BCUT2D eigenvalue weighted by molar-refractivity contribution is -0.149. The first kappa shape index (κ1) is 26.5. The van der Waals surface area contributed by atoms with Crippen molar-refractivity contribution in [1.29, 1.82) is 0 Å². The van der Waals surface area contributed by atoms with Crippen molar-refractivity contribution in [3.8, 4) is 17.1 Å². The molecule has 3 heterocycles. The van der Waals surface area contributed by atoms with E-state index < -0.39 is 12.2 Å². The second-order valence-electron chi connectivity index (χ2n) is 8.27. The number of nitrogens with two attached hydrogens (primary N) is 1. The maximum absolute atomic E-state index is 12.9. The predicted octanol–water partition coefficient (Wildman–Crippen LogP) is 4.92. The maximum atomic E-state index is 12.9. The van der Waals surface area contributed by atoms with Gasteiger partial charge in [0.25, 0.3) is 0 Å². The molecule has 0 bridgehead atoms. The highest BCUT2D eigenvalue weighted by Gasteiger charge is 2.38. The largest absolute Gasteiger partial charge is 0.494 e. The Morgan fingerprint density at radius 1 is 1.08 bits per heavy atom. The fraction of sp³-hybridized carbons (Fsp3) is 0.240. The van der Waals surface area contributed by atoms with E-state index in [0.29, 0.717) is 39.9 Å². The number of halogens is 3. The van der Waals surface area contributed by atoms with Gasteiger partial charge in [-0.1, -0.05) is 19.1 Å². The molecule has 0 radical (unpaired) electrons. The Hall–Kier alpha value is -4.52. The molecule has 1 unspecified atom stereocenters. The van der Waals surface area contributed by atoms with Gasteiger partial charge >= 0.3 is 6.18 Å². The van der Waals surface area contributed by atoms with Gasteiger partial charge < -0.3 is 21.1 Å². The Kier molecular flexibility index (Phi) is 7.57. The molecule has 4 N–H and O–H groups in total. The third kappa shape index (κ3) is 5.72. The first-order valence-corrected chi connectivity index (χ1v) is 11.5. The third-order valence-electron chi connectivity index (χ3n) is 5.61. The van der Waals surface area contributed by atoms with Crippen molar-refractivity contribution in [3.05, 3.63) is 66.2 Å². The number of nitrogens with zero attached hydrogens (tertiary/aromatic N) is 5. The number of pyridine rings is 2. The highest BCUT2D eigenvalue weighted by atomic mass is 19.4. The second-order valence-corrected chi connectivity index (χ2v) is 8.27. The molecular formula is C25H25F3N8O2. The van der Waals surface area contributed by atoms with Crippen LogP contribution in [0.25, 0.3) is 11.4 Å². The molecule has 4 aromatic rings. The quantitative estimate of drug-likeness (QED) is 0.260. The molecule has 4 rings (SSSR count). The van der Waals surface area contributed by atoms with E-state index in [1.165, 1.54) is 25.4 Å². The second kappa shape index (κ2) is 10.8. The summed E-state index contributed by atoms with van der Waals surface area (Å²) < 4.78 is 45.9. The average molecular weight is 527 g/mol. The predicted molar refractivity (Wildman–Crippen MR) is 136 cm³/mol. The van der Waals surface area contributed by atoms with Crippen LogP contribution in [0.4, 0.5) is 36.2 Å². The van der Waals surface area contributed by atoms with Crippen LogP contribution < -0.4 is 21.1 Å². The molecule has 0 fully saturated rings. The SMILES string of the molecule is CCC(=O)c1cnc(Nc2ccc(C(N)C(F)(F)F)cn2)cc1Nc1cccc(-c2ncn(C)n2)c1OC. The van der Waals surface area contributed by atoms with Crippen LogP contribution in [0, 0.1) is 0 Å². The molecule has 0 spiro atoms. The van der Waals surface area contributed by atoms with Crippen molar-refractivity contribution in [1.82, 2.24) is 24.7 Å². The normalized spacial score (nSPS) is 12.2. The van der Waals surface area contributed by atoms with Crippen molar-refractivity contribution in [2.24, 2.45) is 12.8 Å². The lowest BCUT2D eigenvalue weighted by Crippen LogP contribution is -2.28. The van der Waals surface area contributed by atoms with Gasteiger partial charge in [0.2, 0.25) is 0 Å². The molecule has 198 valence electrons. The van der Waals surface area contributed by atoms with Crippen LogP contribution in [0.1, 0.15) is 35.3 Å². The zero-order valence-corrected chi connectivity index (χ0v) is 20.7. The summed E-state index contributed by atoms with van der Waals surface area (Å²) in [5.74, 6) is 1.35. The van der Waals surface area contributed by atoms with Gasteiger partial charge in [0.15, 0.2) is 17.4 Å². The number of aryl methyl sites for hydroxylation is 1. The number of anilines is 4. The molecule has 1 aromatic carbocycles. The maximum Gasteiger partial charge on any atom is 0.407 e. The van der Waals surface area contributed by atoms with Gasteiger partial charge in [-0.15, -0.1) is 0 Å². The molecule has 1 atom stereocenters. The minimum absolute atomic E-state index is 0.142. The number of benzene rings is 1. The molecule has 0 aliphatic rings. The monoisotopic (exact) mass is 526 g/mol. The third-order valence-corrected chi connectivity index (χ3v) is 5.61. The number of hydrogen-bond donors (Lipinski definition) is 3.